The minimum Gasteiger partial charge on any atom is -0.469 e. The van der Waals surface area contributed by atoms with Gasteiger partial charge in [-0.3, -0.25) is 9.69 Å². The van der Waals surface area contributed by atoms with E-state index in [2.05, 4.69) is 0 Å². The van der Waals surface area contributed by atoms with E-state index in [0.717, 1.165) is 45.2 Å². The van der Waals surface area contributed by atoms with Crippen LogP contribution in [0.1, 0.15) is 39.0 Å². The van der Waals surface area contributed by atoms with E-state index in [4.69, 9.17) is 9.47 Å². The van der Waals surface area contributed by atoms with Gasteiger partial charge in [-0.15, -0.1) is 0 Å². The maximum absolute atomic E-state index is 14.0. The molecule has 0 aromatic heterocycles. The van der Waals surface area contributed by atoms with Gasteiger partial charge in [0.15, 0.2) is 0 Å². The molecule has 19 heavy (non-hydrogen) atoms. The smallest absolute Gasteiger partial charge is 0.308 e. The molecule has 2 rings (SSSR count). The first-order valence-electron chi connectivity index (χ1n) is 7.23. The van der Waals surface area contributed by atoms with E-state index >= 15 is 0 Å². The van der Waals surface area contributed by atoms with Crippen LogP contribution in [0.4, 0.5) is 4.39 Å². The van der Waals surface area contributed by atoms with Crippen molar-refractivity contribution in [3.63, 3.8) is 0 Å². The lowest BCUT2D eigenvalue weighted by Crippen LogP contribution is -2.40. The number of likely N-dealkylation sites (tertiary alicyclic amines) is 1. The van der Waals surface area contributed by atoms with Gasteiger partial charge in [0, 0.05) is 13.1 Å². The lowest BCUT2D eigenvalue weighted by Gasteiger charge is -2.35. The molecule has 2 aliphatic rings. The number of hydrogen-bond acceptors (Lipinski definition) is 4. The molecular weight excluding hydrogens is 249 g/mol. The predicted molar refractivity (Wildman–Crippen MR) is 69.1 cm³/mol. The summed E-state index contributed by atoms with van der Waals surface area (Å²) in [7, 11) is 1.42. The average Bonchev–Trinajstić information content (AvgIpc) is 2.94. The second-order valence-corrected chi connectivity index (χ2v) is 5.72. The highest BCUT2D eigenvalue weighted by molar-refractivity contribution is 5.72. The van der Waals surface area contributed by atoms with Crippen LogP contribution in [0, 0.1) is 11.8 Å². The maximum atomic E-state index is 14.0. The van der Waals surface area contributed by atoms with Gasteiger partial charge >= 0.3 is 5.97 Å². The summed E-state index contributed by atoms with van der Waals surface area (Å²) in [6.45, 7) is 2.31. The molecular formula is C14H24FNO3. The van der Waals surface area contributed by atoms with Crippen LogP contribution in [0.15, 0.2) is 0 Å². The van der Waals surface area contributed by atoms with Gasteiger partial charge in [0.1, 0.15) is 0 Å². The highest BCUT2D eigenvalue weighted by Crippen LogP contribution is 2.33. The molecule has 110 valence electrons. The molecule has 1 saturated heterocycles. The third kappa shape index (κ3) is 3.66. The van der Waals surface area contributed by atoms with Crippen molar-refractivity contribution in [1.29, 1.82) is 0 Å². The van der Waals surface area contributed by atoms with Gasteiger partial charge in [0.25, 0.3) is 6.48 Å². The van der Waals surface area contributed by atoms with Gasteiger partial charge in [0.05, 0.1) is 19.1 Å². The van der Waals surface area contributed by atoms with Crippen LogP contribution < -0.4 is 0 Å². The number of rotatable bonds is 4. The number of halogens is 1. The molecule has 4 atom stereocenters. The summed E-state index contributed by atoms with van der Waals surface area (Å²) < 4.78 is 24.3. The fourth-order valence-electron chi connectivity index (χ4n) is 3.13. The summed E-state index contributed by atoms with van der Waals surface area (Å²) in [5.74, 6) is -0.00922. The topological polar surface area (TPSA) is 38.8 Å². The van der Waals surface area contributed by atoms with Crippen LogP contribution in [0.5, 0.6) is 0 Å². The number of carbonyl (C=O) groups is 1. The molecule has 0 aromatic rings. The molecule has 1 saturated carbocycles. The highest BCUT2D eigenvalue weighted by atomic mass is 19.1. The van der Waals surface area contributed by atoms with Crippen LogP contribution in [0.3, 0.4) is 0 Å². The number of alkyl halides is 1. The van der Waals surface area contributed by atoms with E-state index in [9.17, 15) is 9.18 Å². The Morgan fingerprint density at radius 3 is 2.58 bits per heavy atom. The third-order valence-electron chi connectivity index (χ3n) is 4.34. The number of nitrogens with zero attached hydrogens (tertiary/aromatic N) is 1. The first-order chi connectivity index (χ1) is 9.11. The lowest BCUT2D eigenvalue weighted by molar-refractivity contribution is -0.188. The second kappa shape index (κ2) is 6.66. The minimum absolute atomic E-state index is 0.0512. The average molecular weight is 273 g/mol. The van der Waals surface area contributed by atoms with Crippen molar-refractivity contribution in [1.82, 2.24) is 4.90 Å². The molecule has 4 nitrogen and oxygen atoms in total. The van der Waals surface area contributed by atoms with Gasteiger partial charge in [0.2, 0.25) is 0 Å². The molecule has 0 aromatic carbocycles. The monoisotopic (exact) mass is 273 g/mol. The SMILES string of the molecule is COC(=O)C1CCC(OC(F)N2CCCC2)C(C)C1. The van der Waals surface area contributed by atoms with E-state index < -0.39 is 6.48 Å². The number of esters is 1. The zero-order chi connectivity index (χ0) is 13.8. The van der Waals surface area contributed by atoms with Gasteiger partial charge in [-0.1, -0.05) is 6.92 Å². The highest BCUT2D eigenvalue weighted by Gasteiger charge is 2.35. The van der Waals surface area contributed by atoms with Crippen LogP contribution in [-0.2, 0) is 14.3 Å². The van der Waals surface area contributed by atoms with Gasteiger partial charge in [-0.25, -0.2) is 0 Å². The van der Waals surface area contributed by atoms with Crippen molar-refractivity contribution in [3.8, 4) is 0 Å². The number of ether oxygens (including phenoxy) is 2. The molecule has 0 bridgehead atoms. The zero-order valence-electron chi connectivity index (χ0n) is 11.8. The molecule has 1 aliphatic heterocycles. The molecule has 0 spiro atoms. The van der Waals surface area contributed by atoms with Crippen LogP contribution in [-0.4, -0.2) is 43.7 Å². The van der Waals surface area contributed by atoms with E-state index in [-0.39, 0.29) is 23.9 Å². The number of hydrogen-bond donors (Lipinski definition) is 0. The van der Waals surface area contributed by atoms with Gasteiger partial charge in [-0.05, 0) is 38.0 Å². The van der Waals surface area contributed by atoms with Crippen molar-refractivity contribution in [2.24, 2.45) is 11.8 Å². The summed E-state index contributed by atoms with van der Waals surface area (Å²) in [5, 5.41) is 0. The Kier molecular flexibility index (Phi) is 5.16. The van der Waals surface area contributed by atoms with Crippen molar-refractivity contribution in [2.45, 2.75) is 51.6 Å². The fourth-order valence-corrected chi connectivity index (χ4v) is 3.13. The van der Waals surface area contributed by atoms with Crippen LogP contribution in [0.25, 0.3) is 0 Å². The van der Waals surface area contributed by atoms with E-state index in [1.54, 1.807) is 4.90 Å². The molecule has 1 heterocycles. The van der Waals surface area contributed by atoms with Crippen molar-refractivity contribution in [2.75, 3.05) is 20.2 Å². The Morgan fingerprint density at radius 2 is 2.00 bits per heavy atom. The lowest BCUT2D eigenvalue weighted by atomic mass is 9.80. The Balaban J connectivity index is 1.80. The molecule has 4 unspecified atom stereocenters. The normalized spacial score (nSPS) is 34.2. The predicted octanol–water partition coefficient (Wildman–Crippen LogP) is 2.33. The third-order valence-corrected chi connectivity index (χ3v) is 4.34. The summed E-state index contributed by atoms with van der Waals surface area (Å²) in [5.41, 5.74) is 0. The molecule has 0 radical (unpaired) electrons. The van der Waals surface area contributed by atoms with E-state index in [0.29, 0.717) is 0 Å². The van der Waals surface area contributed by atoms with Crippen molar-refractivity contribution in [3.05, 3.63) is 0 Å². The van der Waals surface area contributed by atoms with E-state index in [1.165, 1.54) is 7.11 Å². The summed E-state index contributed by atoms with van der Waals surface area (Å²) >= 11 is 0. The Labute approximate surface area is 114 Å². The second-order valence-electron chi connectivity index (χ2n) is 5.72. The number of carbonyl (C=O) groups excluding carboxylic acids is 1. The quantitative estimate of drug-likeness (QED) is 0.582. The standard InChI is InChI=1S/C14H24FNO3/c1-10-9-11(13(17)18-2)5-6-12(10)19-14(15)16-7-3-4-8-16/h10-12,14H,3-9H2,1-2H3. The first kappa shape index (κ1) is 14.7. The van der Waals surface area contributed by atoms with Crippen LogP contribution in [0.2, 0.25) is 0 Å². The maximum Gasteiger partial charge on any atom is 0.308 e. The minimum atomic E-state index is -1.29. The summed E-state index contributed by atoms with van der Waals surface area (Å²) in [4.78, 5) is 13.3. The van der Waals surface area contributed by atoms with Gasteiger partial charge in [-0.2, -0.15) is 4.39 Å². The fraction of sp³-hybridized carbons (Fsp3) is 0.929. The molecule has 2 fully saturated rings. The molecule has 0 amide bonds. The molecule has 1 aliphatic carbocycles. The number of methoxy groups -OCH3 is 1. The van der Waals surface area contributed by atoms with Gasteiger partial charge < -0.3 is 9.47 Å². The van der Waals surface area contributed by atoms with Crippen molar-refractivity contribution >= 4 is 5.97 Å². The summed E-state index contributed by atoms with van der Waals surface area (Å²) in [6, 6.07) is 0. The van der Waals surface area contributed by atoms with Crippen molar-refractivity contribution < 1.29 is 18.7 Å². The Bertz CT molecular complexity index is 307. The zero-order valence-corrected chi connectivity index (χ0v) is 11.8. The molecule has 0 N–H and O–H groups in total. The Morgan fingerprint density at radius 1 is 1.32 bits per heavy atom. The van der Waals surface area contributed by atoms with Crippen LogP contribution >= 0.6 is 0 Å². The van der Waals surface area contributed by atoms with E-state index in [1.807, 2.05) is 6.92 Å². The Hall–Kier alpha value is -0.680. The first-order valence-corrected chi connectivity index (χ1v) is 7.23. The largest absolute Gasteiger partial charge is 0.469 e. The molecule has 5 heteroatoms. The summed E-state index contributed by atoms with van der Waals surface area (Å²) in [6.07, 6.45) is 4.20.